The van der Waals surface area contributed by atoms with E-state index in [0.29, 0.717) is 5.56 Å². The summed E-state index contributed by atoms with van der Waals surface area (Å²) in [6.07, 6.45) is 2.20. The maximum Gasteiger partial charge on any atom is 0.387 e. The molecule has 2 aromatic rings. The van der Waals surface area contributed by atoms with Crippen molar-refractivity contribution in [1.29, 1.82) is 5.26 Å². The van der Waals surface area contributed by atoms with Crippen LogP contribution >= 0.6 is 0 Å². The van der Waals surface area contributed by atoms with E-state index in [-0.39, 0.29) is 16.9 Å². The summed E-state index contributed by atoms with van der Waals surface area (Å²) in [5, 5.41) is 9.43. The first-order valence-electron chi connectivity index (χ1n) is 8.26. The number of Topliss-reactive ketones (excluding diaryl/α,β-unsaturated/α-hetero) is 1. The van der Waals surface area contributed by atoms with Crippen LogP contribution in [0.1, 0.15) is 40.7 Å². The summed E-state index contributed by atoms with van der Waals surface area (Å²) in [6, 6.07) is 9.67. The van der Waals surface area contributed by atoms with Crippen LogP contribution < -0.4 is 4.74 Å². The molecule has 0 fully saturated rings. The number of benzene rings is 1. The molecule has 0 aliphatic rings. The fourth-order valence-corrected chi connectivity index (χ4v) is 2.85. The lowest BCUT2D eigenvalue weighted by atomic mass is 10.0. The van der Waals surface area contributed by atoms with E-state index in [0.717, 1.165) is 24.4 Å². The first kappa shape index (κ1) is 19.4. The van der Waals surface area contributed by atoms with E-state index in [9.17, 15) is 18.8 Å². The third-order valence-electron chi connectivity index (χ3n) is 4.07. The number of aryl methyl sites for hydroxylation is 1. The number of aromatic nitrogens is 1. The Hall–Kier alpha value is -2.94. The van der Waals surface area contributed by atoms with Crippen LogP contribution in [0.3, 0.4) is 0 Å². The van der Waals surface area contributed by atoms with Crippen LogP contribution in [-0.2, 0) is 6.54 Å². The van der Waals surface area contributed by atoms with Crippen LogP contribution in [0.5, 0.6) is 5.75 Å². The Morgan fingerprint density at radius 1 is 1.35 bits per heavy atom. The van der Waals surface area contributed by atoms with E-state index < -0.39 is 12.4 Å². The zero-order valence-electron chi connectivity index (χ0n) is 14.9. The minimum absolute atomic E-state index is 0.0838. The highest BCUT2D eigenvalue weighted by atomic mass is 19.3. The van der Waals surface area contributed by atoms with Crippen molar-refractivity contribution in [1.82, 2.24) is 4.57 Å². The van der Waals surface area contributed by atoms with Gasteiger partial charge >= 0.3 is 6.61 Å². The topological polar surface area (TPSA) is 55.0 Å². The van der Waals surface area contributed by atoms with Gasteiger partial charge in [0.2, 0.25) is 5.78 Å². The molecule has 2 rings (SSSR count). The number of hydrogen-bond acceptors (Lipinski definition) is 3. The van der Waals surface area contributed by atoms with E-state index >= 15 is 0 Å². The van der Waals surface area contributed by atoms with Gasteiger partial charge < -0.3 is 9.30 Å². The first-order chi connectivity index (χ1) is 12.4. The Balaban J connectivity index is 2.44. The Bertz CT molecular complexity index is 876. The number of para-hydroxylation sites is 1. The molecule has 0 saturated carbocycles. The van der Waals surface area contributed by atoms with E-state index in [1.807, 2.05) is 31.4 Å². The van der Waals surface area contributed by atoms with Crippen molar-refractivity contribution in [2.75, 3.05) is 0 Å². The number of ether oxygens (including phenoxy) is 1. The molecule has 0 aliphatic heterocycles. The minimum atomic E-state index is -2.99. The molecule has 0 amide bonds. The number of nitrogens with zero attached hydrogens (tertiary/aromatic N) is 2. The highest BCUT2D eigenvalue weighted by molar-refractivity contribution is 6.14. The van der Waals surface area contributed by atoms with Crippen LogP contribution in [0.2, 0.25) is 0 Å². The molecule has 6 heteroatoms. The van der Waals surface area contributed by atoms with Gasteiger partial charge in [-0.25, -0.2) is 0 Å². The van der Waals surface area contributed by atoms with Crippen LogP contribution in [0.25, 0.3) is 6.08 Å². The summed E-state index contributed by atoms with van der Waals surface area (Å²) in [7, 11) is 0. The molecule has 136 valence electrons. The van der Waals surface area contributed by atoms with Gasteiger partial charge in [-0.2, -0.15) is 14.0 Å². The van der Waals surface area contributed by atoms with E-state index in [1.54, 1.807) is 18.2 Å². The Labute approximate surface area is 151 Å². The number of carbonyl (C=O) groups excluding carboxylic acids is 1. The molecule has 1 aromatic carbocycles. The van der Waals surface area contributed by atoms with Gasteiger partial charge in [0, 0.05) is 29.1 Å². The Morgan fingerprint density at radius 3 is 2.65 bits per heavy atom. The quantitative estimate of drug-likeness (QED) is 0.402. The van der Waals surface area contributed by atoms with Gasteiger partial charge in [0.25, 0.3) is 0 Å². The fraction of sp³-hybridized carbons (Fsp3) is 0.300. The predicted molar refractivity (Wildman–Crippen MR) is 95.2 cm³/mol. The largest absolute Gasteiger partial charge is 0.434 e. The zero-order chi connectivity index (χ0) is 19.3. The Kier molecular flexibility index (Phi) is 6.29. The third-order valence-corrected chi connectivity index (χ3v) is 4.07. The molecule has 26 heavy (non-hydrogen) atoms. The molecule has 0 bridgehead atoms. The van der Waals surface area contributed by atoms with E-state index in [1.165, 1.54) is 18.2 Å². The number of rotatable bonds is 7. The monoisotopic (exact) mass is 358 g/mol. The molecule has 0 atom stereocenters. The van der Waals surface area contributed by atoms with Gasteiger partial charge in [-0.05, 0) is 38.5 Å². The second-order valence-electron chi connectivity index (χ2n) is 5.85. The van der Waals surface area contributed by atoms with Crippen LogP contribution in [-0.4, -0.2) is 17.0 Å². The van der Waals surface area contributed by atoms with Crippen LogP contribution in [0.4, 0.5) is 8.78 Å². The van der Waals surface area contributed by atoms with Crippen molar-refractivity contribution in [2.45, 2.75) is 40.3 Å². The molecule has 0 spiro atoms. The molecular formula is C20H20F2N2O2. The first-order valence-corrected chi connectivity index (χ1v) is 8.26. The van der Waals surface area contributed by atoms with E-state index in [4.69, 9.17) is 0 Å². The highest BCUT2D eigenvalue weighted by Gasteiger charge is 2.20. The van der Waals surface area contributed by atoms with Gasteiger partial charge in [0.05, 0.1) is 0 Å². The summed E-state index contributed by atoms with van der Waals surface area (Å²) in [5.74, 6) is -0.519. The van der Waals surface area contributed by atoms with Gasteiger partial charge in [-0.3, -0.25) is 4.79 Å². The molecule has 0 N–H and O–H groups in total. The smallest absolute Gasteiger partial charge is 0.387 e. The summed E-state index contributed by atoms with van der Waals surface area (Å²) in [6.45, 7) is 3.57. The number of hydrogen-bond donors (Lipinski definition) is 0. The number of ketones is 1. The Morgan fingerprint density at radius 2 is 2.04 bits per heavy atom. The van der Waals surface area contributed by atoms with Gasteiger partial charge in [0.15, 0.2) is 0 Å². The van der Waals surface area contributed by atoms with Crippen molar-refractivity contribution in [3.8, 4) is 11.8 Å². The third kappa shape index (κ3) is 4.17. The average molecular weight is 358 g/mol. The molecule has 0 radical (unpaired) electrons. The number of halogens is 2. The van der Waals surface area contributed by atoms with Crippen LogP contribution in [0, 0.1) is 25.2 Å². The van der Waals surface area contributed by atoms with Crippen molar-refractivity contribution >= 4 is 11.9 Å². The zero-order valence-corrected chi connectivity index (χ0v) is 14.9. The summed E-state index contributed by atoms with van der Waals surface area (Å²) in [5.41, 5.74) is 2.28. The predicted octanol–water partition coefficient (Wildman–Crippen LogP) is 4.91. The maximum atomic E-state index is 12.8. The van der Waals surface area contributed by atoms with Crippen molar-refractivity contribution in [3.05, 3.63) is 58.4 Å². The second kappa shape index (κ2) is 8.43. The number of carbonyl (C=O) groups is 1. The lowest BCUT2D eigenvalue weighted by Gasteiger charge is -2.09. The summed E-state index contributed by atoms with van der Waals surface area (Å²) < 4.78 is 31.6. The summed E-state index contributed by atoms with van der Waals surface area (Å²) >= 11 is 0. The molecule has 0 saturated heterocycles. The molecule has 4 nitrogen and oxygen atoms in total. The van der Waals surface area contributed by atoms with Crippen molar-refractivity contribution < 1.29 is 18.3 Å². The normalized spacial score (nSPS) is 11.5. The summed E-state index contributed by atoms with van der Waals surface area (Å²) in [4.78, 5) is 12.8. The van der Waals surface area contributed by atoms with E-state index in [2.05, 4.69) is 4.74 Å². The van der Waals surface area contributed by atoms with Crippen molar-refractivity contribution in [2.24, 2.45) is 0 Å². The molecule has 1 heterocycles. The molecule has 0 unspecified atom stereocenters. The maximum absolute atomic E-state index is 12.8. The van der Waals surface area contributed by atoms with Gasteiger partial charge in [-0.15, -0.1) is 0 Å². The molecule has 1 aromatic heterocycles. The number of alkyl halides is 2. The van der Waals surface area contributed by atoms with Crippen molar-refractivity contribution in [3.63, 3.8) is 0 Å². The lowest BCUT2D eigenvalue weighted by Crippen LogP contribution is -2.07. The number of allylic oxidation sites excluding steroid dienone is 1. The fourth-order valence-electron chi connectivity index (χ4n) is 2.85. The number of nitriles is 1. The lowest BCUT2D eigenvalue weighted by molar-refractivity contribution is -0.0499. The molecular weight excluding hydrogens is 338 g/mol. The highest BCUT2D eigenvalue weighted by Crippen LogP contribution is 2.25. The van der Waals surface area contributed by atoms with Gasteiger partial charge in [-0.1, -0.05) is 25.1 Å². The van der Waals surface area contributed by atoms with Gasteiger partial charge in [0.1, 0.15) is 17.4 Å². The SMILES string of the molecule is CCCn1c(C)cc(C(=O)/C(C#N)=C/c2ccccc2OC(F)F)c1C. The second-order valence-corrected chi connectivity index (χ2v) is 5.85. The molecule has 0 aliphatic carbocycles. The minimum Gasteiger partial charge on any atom is -0.434 e. The van der Waals surface area contributed by atoms with Crippen LogP contribution in [0.15, 0.2) is 35.9 Å². The average Bonchev–Trinajstić information content (AvgIpc) is 2.88. The standard InChI is InChI=1S/C20H20F2N2O2/c1-4-9-24-13(2)10-17(14(24)3)19(25)16(12-23)11-15-7-5-6-8-18(15)26-20(21)22/h5-8,10-11,20H,4,9H2,1-3H3/b16-11+.